The van der Waals surface area contributed by atoms with E-state index in [4.69, 9.17) is 9.47 Å². The van der Waals surface area contributed by atoms with Gasteiger partial charge in [-0.25, -0.2) is 0 Å². The lowest BCUT2D eigenvalue weighted by atomic mass is 9.69. The molecule has 4 heteroatoms. The number of aliphatic hydroxyl groups is 2. The number of rotatable bonds is 4. The van der Waals surface area contributed by atoms with Gasteiger partial charge in [-0.3, -0.25) is 0 Å². The van der Waals surface area contributed by atoms with Gasteiger partial charge in [-0.15, -0.1) is 0 Å². The summed E-state index contributed by atoms with van der Waals surface area (Å²) < 4.78 is 10.5. The van der Waals surface area contributed by atoms with E-state index in [1.54, 1.807) is 7.11 Å². The first-order valence-electron chi connectivity index (χ1n) is 6.62. The summed E-state index contributed by atoms with van der Waals surface area (Å²) in [6.07, 6.45) is 0.313. The molecule has 1 aliphatic heterocycles. The van der Waals surface area contributed by atoms with Gasteiger partial charge in [-0.05, 0) is 36.0 Å². The minimum Gasteiger partial charge on any atom is -0.497 e. The van der Waals surface area contributed by atoms with Crippen LogP contribution in [-0.2, 0) is 11.2 Å². The molecule has 1 aromatic carbocycles. The molecule has 0 radical (unpaired) electrons. The van der Waals surface area contributed by atoms with Gasteiger partial charge in [0.25, 0.3) is 0 Å². The van der Waals surface area contributed by atoms with E-state index in [0.717, 1.165) is 18.6 Å². The van der Waals surface area contributed by atoms with Crippen LogP contribution in [0, 0.1) is 11.3 Å². The van der Waals surface area contributed by atoms with Crippen LogP contribution < -0.4 is 4.74 Å². The van der Waals surface area contributed by atoms with E-state index in [2.05, 4.69) is 6.92 Å². The van der Waals surface area contributed by atoms with Crippen LogP contribution in [0.1, 0.15) is 18.9 Å². The van der Waals surface area contributed by atoms with E-state index in [1.807, 2.05) is 24.3 Å². The summed E-state index contributed by atoms with van der Waals surface area (Å²) in [6.45, 7) is 3.18. The topological polar surface area (TPSA) is 58.9 Å². The van der Waals surface area contributed by atoms with Crippen LogP contribution >= 0.6 is 0 Å². The predicted molar refractivity (Wildman–Crippen MR) is 72.0 cm³/mol. The molecule has 19 heavy (non-hydrogen) atoms. The van der Waals surface area contributed by atoms with E-state index >= 15 is 0 Å². The van der Waals surface area contributed by atoms with Gasteiger partial charge in [0, 0.05) is 12.5 Å². The maximum absolute atomic E-state index is 9.53. The second-order valence-electron chi connectivity index (χ2n) is 5.52. The number of benzene rings is 1. The van der Waals surface area contributed by atoms with E-state index < -0.39 is 6.29 Å². The third-order valence-corrected chi connectivity index (χ3v) is 4.14. The van der Waals surface area contributed by atoms with Gasteiger partial charge in [0.05, 0.1) is 13.7 Å². The molecule has 1 heterocycles. The Bertz CT molecular complexity index is 401. The lowest BCUT2D eigenvalue weighted by Gasteiger charge is -2.42. The molecule has 0 spiro atoms. The number of hydrogen-bond donors (Lipinski definition) is 2. The first-order chi connectivity index (χ1) is 9.05. The lowest BCUT2D eigenvalue weighted by molar-refractivity contribution is -0.167. The minimum absolute atomic E-state index is 0.152. The highest BCUT2D eigenvalue weighted by molar-refractivity contribution is 5.28. The lowest BCUT2D eigenvalue weighted by Crippen LogP contribution is -2.45. The van der Waals surface area contributed by atoms with E-state index in [9.17, 15) is 10.2 Å². The predicted octanol–water partition coefficient (Wildman–Crippen LogP) is 1.59. The second kappa shape index (κ2) is 5.90. The highest BCUT2D eigenvalue weighted by Crippen LogP contribution is 2.40. The molecule has 0 saturated carbocycles. The van der Waals surface area contributed by atoms with Crippen LogP contribution in [-0.4, -0.2) is 36.8 Å². The SMILES string of the molecule is COc1ccc(CC2(C)CCOCC2C(O)O)cc1. The summed E-state index contributed by atoms with van der Waals surface area (Å²) in [5.41, 5.74) is 1.02. The van der Waals surface area contributed by atoms with Crippen molar-refractivity contribution in [3.05, 3.63) is 29.8 Å². The fourth-order valence-corrected chi connectivity index (χ4v) is 2.78. The van der Waals surface area contributed by atoms with Crippen LogP contribution in [0.2, 0.25) is 0 Å². The molecule has 2 atom stereocenters. The Balaban J connectivity index is 2.13. The third kappa shape index (κ3) is 3.26. The molecule has 1 aliphatic rings. The summed E-state index contributed by atoms with van der Waals surface area (Å²) in [6, 6.07) is 7.92. The molecule has 1 aromatic rings. The Kier molecular flexibility index (Phi) is 4.45. The van der Waals surface area contributed by atoms with Gasteiger partial charge in [-0.2, -0.15) is 0 Å². The summed E-state index contributed by atoms with van der Waals surface area (Å²) >= 11 is 0. The van der Waals surface area contributed by atoms with E-state index in [0.29, 0.717) is 13.2 Å². The number of ether oxygens (including phenoxy) is 2. The molecule has 2 unspecified atom stereocenters. The summed E-state index contributed by atoms with van der Waals surface area (Å²) in [5.74, 6) is 0.586. The minimum atomic E-state index is -1.33. The van der Waals surface area contributed by atoms with Crippen LogP contribution in [0.25, 0.3) is 0 Å². The first kappa shape index (κ1) is 14.3. The van der Waals surface area contributed by atoms with Crippen molar-refractivity contribution >= 4 is 0 Å². The van der Waals surface area contributed by atoms with Crippen molar-refractivity contribution < 1.29 is 19.7 Å². The molecule has 2 N–H and O–H groups in total. The normalized spacial score (nSPS) is 27.5. The second-order valence-corrected chi connectivity index (χ2v) is 5.52. The average Bonchev–Trinajstić information content (AvgIpc) is 2.39. The van der Waals surface area contributed by atoms with Gasteiger partial charge in [0.1, 0.15) is 5.75 Å². The van der Waals surface area contributed by atoms with Crippen molar-refractivity contribution in [2.45, 2.75) is 26.1 Å². The maximum Gasteiger partial charge on any atom is 0.157 e. The monoisotopic (exact) mass is 266 g/mol. The molecule has 0 aliphatic carbocycles. The Hall–Kier alpha value is -1.10. The Labute approximate surface area is 114 Å². The average molecular weight is 266 g/mol. The van der Waals surface area contributed by atoms with Gasteiger partial charge in [0.2, 0.25) is 0 Å². The summed E-state index contributed by atoms with van der Waals surface area (Å²) in [4.78, 5) is 0. The number of aliphatic hydroxyl groups excluding tert-OH is 1. The highest BCUT2D eigenvalue weighted by atomic mass is 16.5. The first-order valence-corrected chi connectivity index (χ1v) is 6.62. The number of hydrogen-bond acceptors (Lipinski definition) is 4. The van der Waals surface area contributed by atoms with Crippen LogP contribution in [0.4, 0.5) is 0 Å². The maximum atomic E-state index is 9.53. The van der Waals surface area contributed by atoms with Crippen molar-refractivity contribution in [2.75, 3.05) is 20.3 Å². The molecule has 2 rings (SSSR count). The molecule has 1 fully saturated rings. The van der Waals surface area contributed by atoms with Gasteiger partial charge < -0.3 is 19.7 Å². The summed E-state index contributed by atoms with van der Waals surface area (Å²) in [7, 11) is 1.65. The molecule has 106 valence electrons. The smallest absolute Gasteiger partial charge is 0.157 e. The molecule has 4 nitrogen and oxygen atoms in total. The fourth-order valence-electron chi connectivity index (χ4n) is 2.78. The van der Waals surface area contributed by atoms with Crippen molar-refractivity contribution in [3.8, 4) is 5.75 Å². The van der Waals surface area contributed by atoms with Crippen molar-refractivity contribution in [1.82, 2.24) is 0 Å². The number of methoxy groups -OCH3 is 1. The largest absolute Gasteiger partial charge is 0.497 e. The fraction of sp³-hybridized carbons (Fsp3) is 0.600. The zero-order valence-electron chi connectivity index (χ0n) is 11.5. The van der Waals surface area contributed by atoms with Crippen LogP contribution in [0.5, 0.6) is 5.75 Å². The van der Waals surface area contributed by atoms with Crippen molar-refractivity contribution in [2.24, 2.45) is 11.3 Å². The van der Waals surface area contributed by atoms with Crippen LogP contribution in [0.3, 0.4) is 0 Å². The van der Waals surface area contributed by atoms with Gasteiger partial charge in [-0.1, -0.05) is 19.1 Å². The standard InChI is InChI=1S/C15H22O4/c1-15(7-8-19-10-13(15)14(16)17)9-11-3-5-12(18-2)6-4-11/h3-6,13-14,16-17H,7-10H2,1-2H3. The zero-order valence-corrected chi connectivity index (χ0v) is 11.5. The molecular weight excluding hydrogens is 244 g/mol. The van der Waals surface area contributed by atoms with Crippen molar-refractivity contribution in [1.29, 1.82) is 0 Å². The Morgan fingerprint density at radius 1 is 1.37 bits per heavy atom. The summed E-state index contributed by atoms with van der Waals surface area (Å²) in [5, 5.41) is 19.1. The highest BCUT2D eigenvalue weighted by Gasteiger charge is 2.40. The molecule has 0 aromatic heterocycles. The van der Waals surface area contributed by atoms with Gasteiger partial charge in [0.15, 0.2) is 6.29 Å². The Morgan fingerprint density at radius 2 is 2.05 bits per heavy atom. The zero-order chi connectivity index (χ0) is 13.9. The molecule has 0 bridgehead atoms. The van der Waals surface area contributed by atoms with E-state index in [-0.39, 0.29) is 11.3 Å². The molecule has 0 amide bonds. The molecular formula is C15H22O4. The molecule has 1 saturated heterocycles. The van der Waals surface area contributed by atoms with Crippen molar-refractivity contribution in [3.63, 3.8) is 0 Å². The van der Waals surface area contributed by atoms with E-state index in [1.165, 1.54) is 5.56 Å². The quantitative estimate of drug-likeness (QED) is 0.813. The third-order valence-electron chi connectivity index (χ3n) is 4.14. The van der Waals surface area contributed by atoms with Crippen LogP contribution in [0.15, 0.2) is 24.3 Å². The Morgan fingerprint density at radius 3 is 2.63 bits per heavy atom. The van der Waals surface area contributed by atoms with Gasteiger partial charge >= 0.3 is 0 Å².